The average molecular weight is 576 g/mol. The lowest BCUT2D eigenvalue weighted by Crippen LogP contribution is -2.53. The Hall–Kier alpha value is -3.65. The van der Waals surface area contributed by atoms with Crippen LogP contribution in [0.1, 0.15) is 61.3 Å². The molecule has 1 saturated carbocycles. The summed E-state index contributed by atoms with van der Waals surface area (Å²) in [5.41, 5.74) is 4.08. The first-order valence-electron chi connectivity index (χ1n) is 14.4. The van der Waals surface area contributed by atoms with Gasteiger partial charge in [-0.05, 0) is 69.9 Å². The van der Waals surface area contributed by atoms with Crippen molar-refractivity contribution in [1.82, 2.24) is 10.2 Å². The summed E-state index contributed by atoms with van der Waals surface area (Å²) in [4.78, 5) is 29.2. The Labute approximate surface area is 244 Å². The van der Waals surface area contributed by atoms with E-state index in [2.05, 4.69) is 5.32 Å². The van der Waals surface area contributed by atoms with Crippen LogP contribution in [-0.4, -0.2) is 43.8 Å². The Kier molecular flexibility index (Phi) is 9.86. The van der Waals surface area contributed by atoms with Gasteiger partial charge in [0.15, 0.2) is 0 Å². The number of aryl methyl sites for hydroxylation is 3. The van der Waals surface area contributed by atoms with E-state index in [1.807, 2.05) is 57.2 Å². The second kappa shape index (κ2) is 13.3. The number of sulfonamides is 1. The van der Waals surface area contributed by atoms with E-state index in [1.54, 1.807) is 31.2 Å². The first-order valence-corrected chi connectivity index (χ1v) is 15.8. The fourth-order valence-corrected chi connectivity index (χ4v) is 6.98. The number of anilines is 1. The van der Waals surface area contributed by atoms with Crippen LogP contribution in [0.5, 0.6) is 0 Å². The number of amides is 2. The zero-order chi connectivity index (χ0) is 29.6. The van der Waals surface area contributed by atoms with Crippen molar-refractivity contribution < 1.29 is 18.0 Å². The quantitative estimate of drug-likeness (QED) is 0.337. The number of hydrogen-bond acceptors (Lipinski definition) is 4. The van der Waals surface area contributed by atoms with E-state index in [0.717, 1.165) is 47.9 Å². The van der Waals surface area contributed by atoms with Gasteiger partial charge in [0.2, 0.25) is 11.8 Å². The molecular formula is C33H41N3O4S. The number of nitrogens with one attached hydrogen (secondary N) is 1. The molecule has 1 aliphatic rings. The molecule has 0 bridgehead atoms. The molecule has 0 radical (unpaired) electrons. The lowest BCUT2D eigenvalue weighted by molar-refractivity contribution is -0.139. The van der Waals surface area contributed by atoms with Gasteiger partial charge in [-0.2, -0.15) is 0 Å². The van der Waals surface area contributed by atoms with Crippen LogP contribution >= 0.6 is 0 Å². The van der Waals surface area contributed by atoms with Crippen molar-refractivity contribution in [3.05, 3.63) is 95.1 Å². The van der Waals surface area contributed by atoms with Crippen molar-refractivity contribution in [2.75, 3.05) is 10.8 Å². The molecule has 1 aliphatic carbocycles. The van der Waals surface area contributed by atoms with Gasteiger partial charge < -0.3 is 10.2 Å². The van der Waals surface area contributed by atoms with Crippen molar-refractivity contribution in [2.45, 2.75) is 83.3 Å². The summed E-state index contributed by atoms with van der Waals surface area (Å²) in [5.74, 6) is -0.667. The van der Waals surface area contributed by atoms with Crippen LogP contribution in [-0.2, 0) is 26.2 Å². The van der Waals surface area contributed by atoms with Gasteiger partial charge >= 0.3 is 0 Å². The normalized spacial score (nSPS) is 14.7. The number of carbonyl (C=O) groups excluding carboxylic acids is 2. The SMILES string of the molecule is Cc1cccc(CN(C(=O)CN(c2ccc(C)cc2C)S(=O)(=O)c2ccccc2)C(C)C(=O)NC2CCCCC2)c1. The maximum atomic E-state index is 14.2. The fourth-order valence-electron chi connectivity index (χ4n) is 5.48. The highest BCUT2D eigenvalue weighted by Gasteiger charge is 2.33. The summed E-state index contributed by atoms with van der Waals surface area (Å²) in [7, 11) is -4.08. The largest absolute Gasteiger partial charge is 0.352 e. The zero-order valence-corrected chi connectivity index (χ0v) is 25.3. The predicted octanol–water partition coefficient (Wildman–Crippen LogP) is 5.67. The van der Waals surface area contributed by atoms with Crippen molar-refractivity contribution in [3.63, 3.8) is 0 Å². The molecule has 2 amide bonds. The van der Waals surface area contributed by atoms with E-state index in [4.69, 9.17) is 0 Å². The van der Waals surface area contributed by atoms with E-state index in [-0.39, 0.29) is 23.4 Å². The molecule has 3 aromatic rings. The van der Waals surface area contributed by atoms with E-state index < -0.39 is 28.5 Å². The van der Waals surface area contributed by atoms with Crippen LogP contribution in [0.25, 0.3) is 0 Å². The molecule has 0 aromatic heterocycles. The second-order valence-electron chi connectivity index (χ2n) is 11.1. The summed E-state index contributed by atoms with van der Waals surface area (Å²) in [6.07, 6.45) is 5.19. The maximum absolute atomic E-state index is 14.2. The molecule has 1 atom stereocenters. The molecule has 0 heterocycles. The van der Waals surface area contributed by atoms with Crippen LogP contribution in [0.3, 0.4) is 0 Å². The summed E-state index contributed by atoms with van der Waals surface area (Å²) in [6.45, 7) is 7.22. The van der Waals surface area contributed by atoms with Gasteiger partial charge in [0.25, 0.3) is 10.0 Å². The van der Waals surface area contributed by atoms with Gasteiger partial charge in [-0.25, -0.2) is 8.42 Å². The molecule has 4 rings (SSSR count). The summed E-state index contributed by atoms with van der Waals surface area (Å²) >= 11 is 0. The third-order valence-electron chi connectivity index (χ3n) is 7.79. The Bertz CT molecular complexity index is 1470. The van der Waals surface area contributed by atoms with E-state index in [9.17, 15) is 18.0 Å². The van der Waals surface area contributed by atoms with Gasteiger partial charge in [-0.1, -0.05) is 85.0 Å². The highest BCUT2D eigenvalue weighted by atomic mass is 32.2. The van der Waals surface area contributed by atoms with Crippen LogP contribution in [0.4, 0.5) is 5.69 Å². The standard InChI is InChI=1S/C33H41N3O4S/c1-24-12-11-13-28(21-24)22-35(27(4)33(38)34-29-14-7-5-8-15-29)32(37)23-36(31-19-18-25(2)20-26(31)3)41(39,40)30-16-9-6-10-17-30/h6,9-13,16-21,27,29H,5,7-8,14-15,22-23H2,1-4H3,(H,34,38). The van der Waals surface area contributed by atoms with Gasteiger partial charge in [-0.15, -0.1) is 0 Å². The Balaban J connectivity index is 1.69. The number of rotatable bonds is 10. The molecule has 41 heavy (non-hydrogen) atoms. The molecule has 0 saturated heterocycles. The smallest absolute Gasteiger partial charge is 0.264 e. The minimum atomic E-state index is -4.08. The van der Waals surface area contributed by atoms with Crippen LogP contribution in [0.2, 0.25) is 0 Å². The molecule has 1 fully saturated rings. The number of nitrogens with zero attached hydrogens (tertiary/aromatic N) is 2. The van der Waals surface area contributed by atoms with E-state index >= 15 is 0 Å². The molecule has 1 N–H and O–H groups in total. The number of carbonyl (C=O) groups is 2. The minimum absolute atomic E-state index is 0.0970. The molecule has 0 aliphatic heterocycles. The van der Waals surface area contributed by atoms with Crippen molar-refractivity contribution in [1.29, 1.82) is 0 Å². The predicted molar refractivity (Wildman–Crippen MR) is 163 cm³/mol. The second-order valence-corrected chi connectivity index (χ2v) is 13.0. The number of hydrogen-bond donors (Lipinski definition) is 1. The van der Waals surface area contributed by atoms with Crippen LogP contribution < -0.4 is 9.62 Å². The lowest BCUT2D eigenvalue weighted by atomic mass is 9.95. The monoisotopic (exact) mass is 575 g/mol. The molecule has 0 spiro atoms. The van der Waals surface area contributed by atoms with Crippen LogP contribution in [0, 0.1) is 20.8 Å². The van der Waals surface area contributed by atoms with Gasteiger partial charge in [-0.3, -0.25) is 13.9 Å². The third kappa shape index (κ3) is 7.55. The zero-order valence-electron chi connectivity index (χ0n) is 24.5. The molecule has 1 unspecified atom stereocenters. The highest BCUT2D eigenvalue weighted by Crippen LogP contribution is 2.28. The lowest BCUT2D eigenvalue weighted by Gasteiger charge is -2.33. The van der Waals surface area contributed by atoms with Gasteiger partial charge in [0.1, 0.15) is 12.6 Å². The molecule has 3 aromatic carbocycles. The van der Waals surface area contributed by atoms with Gasteiger partial charge in [0, 0.05) is 12.6 Å². The maximum Gasteiger partial charge on any atom is 0.264 e. The van der Waals surface area contributed by atoms with E-state index in [1.165, 1.54) is 27.8 Å². The van der Waals surface area contributed by atoms with Gasteiger partial charge in [0.05, 0.1) is 10.6 Å². The third-order valence-corrected chi connectivity index (χ3v) is 9.56. The first kappa shape index (κ1) is 30.3. The topological polar surface area (TPSA) is 86.8 Å². The molecule has 218 valence electrons. The van der Waals surface area contributed by atoms with E-state index in [0.29, 0.717) is 5.69 Å². The average Bonchev–Trinajstić information content (AvgIpc) is 2.95. The summed E-state index contributed by atoms with van der Waals surface area (Å²) in [5, 5.41) is 3.14. The summed E-state index contributed by atoms with van der Waals surface area (Å²) in [6, 6.07) is 20.7. The molecule has 7 nitrogen and oxygen atoms in total. The Morgan fingerprint density at radius 3 is 2.22 bits per heavy atom. The molecular weight excluding hydrogens is 534 g/mol. The minimum Gasteiger partial charge on any atom is -0.352 e. The highest BCUT2D eigenvalue weighted by molar-refractivity contribution is 7.92. The van der Waals surface area contributed by atoms with Crippen molar-refractivity contribution in [3.8, 4) is 0 Å². The Morgan fingerprint density at radius 1 is 0.878 bits per heavy atom. The first-order chi connectivity index (χ1) is 19.6. The van der Waals surface area contributed by atoms with Crippen molar-refractivity contribution >= 4 is 27.5 Å². The fraction of sp³-hybridized carbons (Fsp3) is 0.394. The van der Waals surface area contributed by atoms with Crippen molar-refractivity contribution in [2.24, 2.45) is 0 Å². The Morgan fingerprint density at radius 2 is 1.56 bits per heavy atom. The number of benzene rings is 3. The van der Waals surface area contributed by atoms with Crippen LogP contribution in [0.15, 0.2) is 77.7 Å². The summed E-state index contributed by atoms with van der Waals surface area (Å²) < 4.78 is 29.1. The molecule has 8 heteroatoms.